The van der Waals surface area contributed by atoms with Crippen LogP contribution in [0.2, 0.25) is 0 Å². The molecule has 0 unspecified atom stereocenters. The summed E-state index contributed by atoms with van der Waals surface area (Å²) in [5, 5.41) is 0. The van der Waals surface area contributed by atoms with Crippen LogP contribution in [0.1, 0.15) is 45.1 Å². The molecule has 0 bridgehead atoms. The molecular formula is C15H23NO2. The highest BCUT2D eigenvalue weighted by atomic mass is 16.6. The fraction of sp³-hybridized carbons (Fsp3) is 0.533. The Morgan fingerprint density at radius 2 is 1.89 bits per heavy atom. The van der Waals surface area contributed by atoms with Crippen LogP contribution in [0.25, 0.3) is 0 Å². The standard InChI is InChI=1S/C15H23NO2/c1-15(2,3)18-14(17)11-13(9-10-16)12-7-5-4-6-8-12/h4-8,13H,9-11,16H2,1-3H3/t13-/m0/s1. The Morgan fingerprint density at radius 3 is 2.39 bits per heavy atom. The first kappa shape index (κ1) is 14.7. The molecule has 0 aliphatic heterocycles. The van der Waals surface area contributed by atoms with Crippen molar-refractivity contribution in [2.75, 3.05) is 6.54 Å². The van der Waals surface area contributed by atoms with Gasteiger partial charge in [-0.3, -0.25) is 4.79 Å². The first-order valence-corrected chi connectivity index (χ1v) is 6.39. The number of ether oxygens (including phenoxy) is 1. The third kappa shape index (κ3) is 5.32. The van der Waals surface area contributed by atoms with Crippen molar-refractivity contribution in [3.63, 3.8) is 0 Å². The third-order valence-corrected chi connectivity index (χ3v) is 2.62. The minimum Gasteiger partial charge on any atom is -0.460 e. The maximum absolute atomic E-state index is 11.9. The summed E-state index contributed by atoms with van der Waals surface area (Å²) in [5.41, 5.74) is 6.34. The second-order valence-electron chi connectivity index (χ2n) is 5.48. The zero-order valence-electron chi connectivity index (χ0n) is 11.5. The van der Waals surface area contributed by atoms with E-state index in [4.69, 9.17) is 10.5 Å². The third-order valence-electron chi connectivity index (χ3n) is 2.62. The van der Waals surface area contributed by atoms with Gasteiger partial charge in [-0.2, -0.15) is 0 Å². The maximum atomic E-state index is 11.9. The molecule has 0 aliphatic carbocycles. The van der Waals surface area contributed by atoms with Gasteiger partial charge >= 0.3 is 5.97 Å². The van der Waals surface area contributed by atoms with Gasteiger partial charge in [-0.15, -0.1) is 0 Å². The van der Waals surface area contributed by atoms with Gasteiger partial charge < -0.3 is 10.5 Å². The average Bonchev–Trinajstić information content (AvgIpc) is 2.27. The van der Waals surface area contributed by atoms with Gasteiger partial charge in [0.25, 0.3) is 0 Å². The summed E-state index contributed by atoms with van der Waals surface area (Å²) in [6.45, 7) is 6.21. The molecule has 1 atom stereocenters. The highest BCUT2D eigenvalue weighted by molar-refractivity contribution is 5.71. The largest absolute Gasteiger partial charge is 0.460 e. The van der Waals surface area contributed by atoms with Crippen molar-refractivity contribution in [3.05, 3.63) is 35.9 Å². The Bertz CT molecular complexity index is 368. The zero-order valence-corrected chi connectivity index (χ0v) is 11.5. The minimum absolute atomic E-state index is 0.144. The predicted molar refractivity (Wildman–Crippen MR) is 73.3 cm³/mol. The Hall–Kier alpha value is -1.35. The minimum atomic E-state index is -0.430. The Morgan fingerprint density at radius 1 is 1.28 bits per heavy atom. The molecule has 0 amide bonds. The van der Waals surface area contributed by atoms with Crippen molar-refractivity contribution in [2.24, 2.45) is 5.73 Å². The van der Waals surface area contributed by atoms with Gasteiger partial charge in [0.2, 0.25) is 0 Å². The Balaban J connectivity index is 2.67. The van der Waals surface area contributed by atoms with Crippen LogP contribution >= 0.6 is 0 Å². The summed E-state index contributed by atoms with van der Waals surface area (Å²) in [4.78, 5) is 11.9. The van der Waals surface area contributed by atoms with E-state index in [0.29, 0.717) is 13.0 Å². The van der Waals surface area contributed by atoms with Crippen LogP contribution in [-0.4, -0.2) is 18.1 Å². The number of carbonyl (C=O) groups excluding carboxylic acids is 1. The smallest absolute Gasteiger partial charge is 0.306 e. The molecule has 0 saturated carbocycles. The second kappa shape index (κ2) is 6.55. The van der Waals surface area contributed by atoms with Crippen LogP contribution in [0.5, 0.6) is 0 Å². The lowest BCUT2D eigenvalue weighted by molar-refractivity contribution is -0.155. The van der Waals surface area contributed by atoms with E-state index in [2.05, 4.69) is 0 Å². The van der Waals surface area contributed by atoms with Crippen molar-refractivity contribution in [2.45, 2.75) is 45.1 Å². The first-order chi connectivity index (χ1) is 8.42. The number of nitrogens with two attached hydrogens (primary N) is 1. The van der Waals surface area contributed by atoms with Crippen LogP contribution < -0.4 is 5.73 Å². The normalized spacial score (nSPS) is 13.1. The van der Waals surface area contributed by atoms with Gasteiger partial charge in [0.1, 0.15) is 5.60 Å². The summed E-state index contributed by atoms with van der Waals surface area (Å²) in [6.07, 6.45) is 1.18. The molecule has 0 radical (unpaired) electrons. The summed E-state index contributed by atoms with van der Waals surface area (Å²) < 4.78 is 5.36. The highest BCUT2D eigenvalue weighted by Gasteiger charge is 2.21. The van der Waals surface area contributed by atoms with Gasteiger partial charge in [0, 0.05) is 0 Å². The molecular weight excluding hydrogens is 226 g/mol. The molecule has 0 spiro atoms. The topological polar surface area (TPSA) is 52.3 Å². The molecule has 1 aromatic rings. The van der Waals surface area contributed by atoms with Crippen LogP contribution in [0.15, 0.2) is 30.3 Å². The van der Waals surface area contributed by atoms with Crippen molar-refractivity contribution in [3.8, 4) is 0 Å². The van der Waals surface area contributed by atoms with Crippen molar-refractivity contribution in [1.82, 2.24) is 0 Å². The SMILES string of the molecule is CC(C)(C)OC(=O)C[C@H](CCN)c1ccccc1. The van der Waals surface area contributed by atoms with Crippen LogP contribution in [-0.2, 0) is 9.53 Å². The quantitative estimate of drug-likeness (QED) is 0.816. The lowest BCUT2D eigenvalue weighted by Crippen LogP contribution is -2.25. The number of carbonyl (C=O) groups is 1. The van der Waals surface area contributed by atoms with Crippen LogP contribution in [0.3, 0.4) is 0 Å². The van der Waals surface area contributed by atoms with E-state index in [0.717, 1.165) is 12.0 Å². The molecule has 0 aromatic heterocycles. The number of hydrogen-bond donors (Lipinski definition) is 1. The molecule has 100 valence electrons. The van der Waals surface area contributed by atoms with Gasteiger partial charge in [-0.1, -0.05) is 30.3 Å². The summed E-state index contributed by atoms with van der Waals surface area (Å²) >= 11 is 0. The molecule has 0 heterocycles. The second-order valence-corrected chi connectivity index (χ2v) is 5.48. The predicted octanol–water partition coefficient (Wildman–Crippen LogP) is 2.85. The molecule has 2 N–H and O–H groups in total. The molecule has 18 heavy (non-hydrogen) atoms. The van der Waals surface area contributed by atoms with Gasteiger partial charge in [-0.25, -0.2) is 0 Å². The van der Waals surface area contributed by atoms with E-state index < -0.39 is 5.60 Å². The molecule has 0 fully saturated rings. The lowest BCUT2D eigenvalue weighted by atomic mass is 9.92. The fourth-order valence-electron chi connectivity index (χ4n) is 1.90. The van der Waals surface area contributed by atoms with E-state index in [-0.39, 0.29) is 11.9 Å². The van der Waals surface area contributed by atoms with Crippen molar-refractivity contribution >= 4 is 5.97 Å². The number of esters is 1. The summed E-state index contributed by atoms with van der Waals surface area (Å²) in [7, 11) is 0. The fourth-order valence-corrected chi connectivity index (χ4v) is 1.90. The molecule has 0 aliphatic rings. The number of rotatable bonds is 5. The monoisotopic (exact) mass is 249 g/mol. The lowest BCUT2D eigenvalue weighted by Gasteiger charge is -2.22. The van der Waals surface area contributed by atoms with Crippen LogP contribution in [0, 0.1) is 0 Å². The van der Waals surface area contributed by atoms with E-state index >= 15 is 0 Å². The molecule has 3 heteroatoms. The first-order valence-electron chi connectivity index (χ1n) is 6.39. The van der Waals surface area contributed by atoms with Gasteiger partial charge in [0.15, 0.2) is 0 Å². The molecule has 1 aromatic carbocycles. The van der Waals surface area contributed by atoms with Crippen molar-refractivity contribution in [1.29, 1.82) is 0 Å². The Kier molecular flexibility index (Phi) is 5.35. The molecule has 3 nitrogen and oxygen atoms in total. The van der Waals surface area contributed by atoms with Gasteiger partial charge in [0.05, 0.1) is 6.42 Å². The average molecular weight is 249 g/mol. The molecule has 0 saturated heterocycles. The Labute approximate surface area is 109 Å². The number of benzene rings is 1. The number of hydrogen-bond acceptors (Lipinski definition) is 3. The zero-order chi connectivity index (χ0) is 13.6. The van der Waals surface area contributed by atoms with E-state index in [1.807, 2.05) is 51.1 Å². The summed E-state index contributed by atoms with van der Waals surface area (Å²) in [6, 6.07) is 9.99. The van der Waals surface area contributed by atoms with Crippen LogP contribution in [0.4, 0.5) is 0 Å². The van der Waals surface area contributed by atoms with Gasteiger partial charge in [-0.05, 0) is 45.2 Å². The molecule has 1 rings (SSSR count). The van der Waals surface area contributed by atoms with E-state index in [1.54, 1.807) is 0 Å². The van der Waals surface area contributed by atoms with E-state index in [1.165, 1.54) is 0 Å². The maximum Gasteiger partial charge on any atom is 0.306 e. The summed E-state index contributed by atoms with van der Waals surface area (Å²) in [5.74, 6) is -0.0177. The highest BCUT2D eigenvalue weighted by Crippen LogP contribution is 2.24. The van der Waals surface area contributed by atoms with E-state index in [9.17, 15) is 4.79 Å². The van der Waals surface area contributed by atoms with Crippen molar-refractivity contribution < 1.29 is 9.53 Å².